The Morgan fingerprint density at radius 1 is 1.04 bits per heavy atom. The molecular weight excluding hydrogens is 324 g/mol. The first-order chi connectivity index (χ1) is 12.0. The van der Waals surface area contributed by atoms with Gasteiger partial charge in [-0.25, -0.2) is 0 Å². The van der Waals surface area contributed by atoms with Crippen LogP contribution in [0, 0.1) is 10.8 Å². The maximum absolute atomic E-state index is 7.89. The molecule has 1 fully saturated rings. The van der Waals surface area contributed by atoms with Gasteiger partial charge in [0.15, 0.2) is 23.4 Å². The third-order valence-corrected chi connectivity index (χ3v) is 4.12. The Balaban J connectivity index is 2.02. The Labute approximate surface area is 147 Å². The van der Waals surface area contributed by atoms with Crippen molar-refractivity contribution in [3.05, 3.63) is 17.7 Å². The summed E-state index contributed by atoms with van der Waals surface area (Å²) in [5, 5.41) is 17.6. The standard InChI is InChI=1S/C16H26N6O3/c1-23-12-5-4-11(13(24-2)14(12)25-3)10-21-6-8-22(9-7-21)16(19)20-15(17)18/h4-5H,6-10H2,1-3H3,(H5,17,18,19,20). The van der Waals surface area contributed by atoms with E-state index in [1.54, 1.807) is 21.3 Å². The molecule has 9 nitrogen and oxygen atoms in total. The van der Waals surface area contributed by atoms with Gasteiger partial charge in [0.25, 0.3) is 0 Å². The van der Waals surface area contributed by atoms with Gasteiger partial charge < -0.3 is 24.8 Å². The number of ether oxygens (including phenoxy) is 3. The fourth-order valence-electron chi connectivity index (χ4n) is 2.86. The molecule has 1 aromatic carbocycles. The molecule has 0 unspecified atom stereocenters. The average molecular weight is 350 g/mol. The first-order valence-corrected chi connectivity index (χ1v) is 7.94. The second-order valence-corrected chi connectivity index (χ2v) is 5.64. The summed E-state index contributed by atoms with van der Waals surface area (Å²) in [6, 6.07) is 3.85. The molecule has 1 heterocycles. The number of nitrogens with one attached hydrogen (secondary N) is 3. The number of piperazine rings is 1. The second-order valence-electron chi connectivity index (χ2n) is 5.64. The Morgan fingerprint density at radius 2 is 1.68 bits per heavy atom. The lowest BCUT2D eigenvalue weighted by Gasteiger charge is -2.36. The third-order valence-electron chi connectivity index (χ3n) is 4.12. The van der Waals surface area contributed by atoms with E-state index < -0.39 is 0 Å². The second kappa shape index (κ2) is 8.43. The lowest BCUT2D eigenvalue weighted by molar-refractivity contribution is 0.171. The van der Waals surface area contributed by atoms with Gasteiger partial charge in [0.2, 0.25) is 5.75 Å². The van der Waals surface area contributed by atoms with Crippen LogP contribution in [0.15, 0.2) is 12.1 Å². The fraction of sp³-hybridized carbons (Fsp3) is 0.500. The Bertz CT molecular complexity index is 629. The van der Waals surface area contributed by atoms with E-state index in [1.165, 1.54) is 0 Å². The van der Waals surface area contributed by atoms with Crippen molar-refractivity contribution in [2.24, 2.45) is 5.73 Å². The van der Waals surface area contributed by atoms with Gasteiger partial charge in [-0.3, -0.25) is 21.0 Å². The molecular formula is C16H26N6O3. The van der Waals surface area contributed by atoms with Gasteiger partial charge in [-0.2, -0.15) is 0 Å². The van der Waals surface area contributed by atoms with Crippen molar-refractivity contribution in [1.82, 2.24) is 15.1 Å². The number of benzene rings is 1. The summed E-state index contributed by atoms with van der Waals surface area (Å²) in [4.78, 5) is 4.14. The average Bonchev–Trinajstić information content (AvgIpc) is 2.61. The van der Waals surface area contributed by atoms with Crippen LogP contribution in [0.2, 0.25) is 0 Å². The molecule has 0 bridgehead atoms. The van der Waals surface area contributed by atoms with Crippen molar-refractivity contribution in [3.8, 4) is 17.2 Å². The van der Waals surface area contributed by atoms with Crippen LogP contribution in [0.3, 0.4) is 0 Å². The van der Waals surface area contributed by atoms with E-state index in [2.05, 4.69) is 10.2 Å². The van der Waals surface area contributed by atoms with E-state index in [9.17, 15) is 0 Å². The highest BCUT2D eigenvalue weighted by Gasteiger charge is 2.22. The molecule has 0 amide bonds. The van der Waals surface area contributed by atoms with Gasteiger partial charge in [-0.05, 0) is 6.07 Å². The van der Waals surface area contributed by atoms with Crippen LogP contribution in [0.1, 0.15) is 5.56 Å². The smallest absolute Gasteiger partial charge is 0.203 e. The van der Waals surface area contributed by atoms with Crippen molar-refractivity contribution in [2.45, 2.75) is 6.54 Å². The number of methoxy groups -OCH3 is 3. The number of rotatable bonds is 5. The van der Waals surface area contributed by atoms with Crippen molar-refractivity contribution >= 4 is 11.9 Å². The molecule has 2 rings (SSSR count). The lowest BCUT2D eigenvalue weighted by atomic mass is 10.1. The minimum Gasteiger partial charge on any atom is -0.493 e. The van der Waals surface area contributed by atoms with Crippen LogP contribution in [-0.4, -0.2) is 69.2 Å². The molecule has 9 heteroatoms. The number of nitrogens with two attached hydrogens (primary N) is 1. The summed E-state index contributed by atoms with van der Waals surface area (Å²) < 4.78 is 16.3. The van der Waals surface area contributed by atoms with Crippen molar-refractivity contribution in [1.29, 1.82) is 10.8 Å². The Hall–Kier alpha value is -2.68. The van der Waals surface area contributed by atoms with Gasteiger partial charge >= 0.3 is 0 Å². The van der Waals surface area contributed by atoms with Gasteiger partial charge in [0, 0.05) is 38.3 Å². The van der Waals surface area contributed by atoms with Crippen LogP contribution in [0.4, 0.5) is 0 Å². The van der Waals surface area contributed by atoms with Gasteiger partial charge in [-0.1, -0.05) is 6.07 Å². The predicted octanol–water partition coefficient (Wildman–Crippen LogP) is 0.248. The highest BCUT2D eigenvalue weighted by atomic mass is 16.5. The summed E-state index contributed by atoms with van der Waals surface area (Å²) in [5.41, 5.74) is 6.29. The number of nitrogens with zero attached hydrogens (tertiary/aromatic N) is 2. The van der Waals surface area contributed by atoms with E-state index in [4.69, 9.17) is 30.8 Å². The fourth-order valence-corrected chi connectivity index (χ4v) is 2.86. The van der Waals surface area contributed by atoms with Crippen LogP contribution in [-0.2, 0) is 6.54 Å². The molecule has 0 aromatic heterocycles. The molecule has 1 saturated heterocycles. The highest BCUT2D eigenvalue weighted by Crippen LogP contribution is 2.40. The molecule has 0 radical (unpaired) electrons. The Kier molecular flexibility index (Phi) is 6.29. The van der Waals surface area contributed by atoms with Gasteiger partial charge in [-0.15, -0.1) is 0 Å². The largest absolute Gasteiger partial charge is 0.493 e. The van der Waals surface area contributed by atoms with E-state index in [1.807, 2.05) is 17.0 Å². The topological polar surface area (TPSA) is 120 Å². The SMILES string of the molecule is COc1ccc(CN2CCN(C(=N)NC(=N)N)CC2)c(OC)c1OC. The van der Waals surface area contributed by atoms with E-state index >= 15 is 0 Å². The van der Waals surface area contributed by atoms with Crippen LogP contribution < -0.4 is 25.3 Å². The van der Waals surface area contributed by atoms with Gasteiger partial charge in [0.1, 0.15) is 0 Å². The molecule has 1 aromatic rings. The summed E-state index contributed by atoms with van der Waals surface area (Å²) in [5.74, 6) is 1.85. The number of hydrogen-bond donors (Lipinski definition) is 4. The number of guanidine groups is 2. The minimum absolute atomic E-state index is 0.163. The molecule has 1 aliphatic rings. The normalized spacial score (nSPS) is 14.8. The molecule has 25 heavy (non-hydrogen) atoms. The molecule has 0 saturated carbocycles. The minimum atomic E-state index is -0.220. The highest BCUT2D eigenvalue weighted by molar-refractivity contribution is 5.94. The third kappa shape index (κ3) is 4.44. The summed E-state index contributed by atoms with van der Waals surface area (Å²) in [6.07, 6.45) is 0. The molecule has 0 atom stereocenters. The van der Waals surface area contributed by atoms with Crippen LogP contribution in [0.5, 0.6) is 17.2 Å². The van der Waals surface area contributed by atoms with Crippen LogP contribution in [0.25, 0.3) is 0 Å². The van der Waals surface area contributed by atoms with Crippen LogP contribution >= 0.6 is 0 Å². The van der Waals surface area contributed by atoms with E-state index in [-0.39, 0.29) is 11.9 Å². The zero-order chi connectivity index (χ0) is 18.4. The quantitative estimate of drug-likeness (QED) is 0.444. The summed E-state index contributed by atoms with van der Waals surface area (Å²) >= 11 is 0. The molecule has 0 spiro atoms. The summed E-state index contributed by atoms with van der Waals surface area (Å²) in [6.45, 7) is 3.67. The predicted molar refractivity (Wildman–Crippen MR) is 95.7 cm³/mol. The lowest BCUT2D eigenvalue weighted by Crippen LogP contribution is -2.53. The zero-order valence-electron chi connectivity index (χ0n) is 14.9. The summed E-state index contributed by atoms with van der Waals surface area (Å²) in [7, 11) is 4.81. The van der Waals surface area contributed by atoms with Crippen molar-refractivity contribution in [2.75, 3.05) is 47.5 Å². The number of hydrogen-bond acceptors (Lipinski definition) is 6. The molecule has 5 N–H and O–H groups in total. The van der Waals surface area contributed by atoms with Gasteiger partial charge in [0.05, 0.1) is 21.3 Å². The molecule has 138 valence electrons. The first-order valence-electron chi connectivity index (χ1n) is 7.94. The first kappa shape index (κ1) is 18.7. The molecule has 0 aliphatic carbocycles. The molecule has 1 aliphatic heterocycles. The zero-order valence-corrected chi connectivity index (χ0v) is 14.9. The van der Waals surface area contributed by atoms with E-state index in [0.29, 0.717) is 36.9 Å². The van der Waals surface area contributed by atoms with E-state index in [0.717, 1.165) is 18.7 Å². The Morgan fingerprint density at radius 3 is 2.20 bits per heavy atom. The maximum atomic E-state index is 7.89. The monoisotopic (exact) mass is 350 g/mol. The van der Waals surface area contributed by atoms with Crippen molar-refractivity contribution in [3.63, 3.8) is 0 Å². The maximum Gasteiger partial charge on any atom is 0.203 e. The van der Waals surface area contributed by atoms with Crippen molar-refractivity contribution < 1.29 is 14.2 Å².